The Labute approximate surface area is 126 Å². The Hall–Kier alpha value is -3.02. The molecule has 0 fully saturated rings. The van der Waals surface area contributed by atoms with Gasteiger partial charge in [0.05, 0.1) is 11.8 Å². The maximum atomic E-state index is 4.50. The van der Waals surface area contributed by atoms with Gasteiger partial charge in [-0.1, -0.05) is 24.3 Å². The van der Waals surface area contributed by atoms with Crippen LogP contribution in [0.4, 0.5) is 5.82 Å². The van der Waals surface area contributed by atoms with Crippen LogP contribution in [-0.4, -0.2) is 32.0 Å². The Bertz CT molecular complexity index is 940. The molecule has 6 heteroatoms. The van der Waals surface area contributed by atoms with Crippen molar-refractivity contribution >= 4 is 27.9 Å². The first-order valence-electron chi connectivity index (χ1n) is 7.01. The third-order valence-corrected chi connectivity index (χ3v) is 3.69. The lowest BCUT2D eigenvalue weighted by molar-refractivity contribution is 0.902. The summed E-state index contributed by atoms with van der Waals surface area (Å²) in [7, 11) is 2.00. The minimum absolute atomic E-state index is 0.674. The number of benzene rings is 1. The normalized spacial score (nSPS) is 11.1. The van der Waals surface area contributed by atoms with Crippen LogP contribution in [0.5, 0.6) is 0 Å². The maximum Gasteiger partial charge on any atom is 0.182 e. The zero-order valence-electron chi connectivity index (χ0n) is 12.1. The number of rotatable bonds is 3. The van der Waals surface area contributed by atoms with E-state index in [0.29, 0.717) is 12.2 Å². The van der Waals surface area contributed by atoms with Gasteiger partial charge in [0.15, 0.2) is 11.5 Å². The van der Waals surface area contributed by atoms with Crippen LogP contribution < -0.4 is 4.90 Å². The molecule has 0 aliphatic rings. The summed E-state index contributed by atoms with van der Waals surface area (Å²) in [6, 6.07) is 10.2. The van der Waals surface area contributed by atoms with E-state index in [1.165, 1.54) is 6.33 Å². The average molecular weight is 290 g/mol. The van der Waals surface area contributed by atoms with Crippen LogP contribution in [0.15, 0.2) is 49.2 Å². The highest BCUT2D eigenvalue weighted by molar-refractivity contribution is 5.84. The molecule has 0 aliphatic heterocycles. The number of para-hydroxylation sites is 1. The molecule has 0 unspecified atom stereocenters. The monoisotopic (exact) mass is 290 g/mol. The van der Waals surface area contributed by atoms with E-state index in [-0.39, 0.29) is 0 Å². The second-order valence-electron chi connectivity index (χ2n) is 5.15. The summed E-state index contributed by atoms with van der Waals surface area (Å²) in [5.41, 5.74) is 3.70. The lowest BCUT2D eigenvalue weighted by Gasteiger charge is -2.19. The molecule has 0 bridgehead atoms. The molecule has 0 aliphatic carbocycles. The van der Waals surface area contributed by atoms with Gasteiger partial charge in [0.25, 0.3) is 0 Å². The van der Waals surface area contributed by atoms with Gasteiger partial charge < -0.3 is 9.88 Å². The molecule has 6 nitrogen and oxygen atoms in total. The van der Waals surface area contributed by atoms with Crippen molar-refractivity contribution < 1.29 is 0 Å². The van der Waals surface area contributed by atoms with E-state index in [1.54, 1.807) is 6.33 Å². The smallest absolute Gasteiger partial charge is 0.182 e. The van der Waals surface area contributed by atoms with Crippen molar-refractivity contribution in [1.82, 2.24) is 24.9 Å². The lowest BCUT2D eigenvalue weighted by Crippen LogP contribution is -2.18. The molecular formula is C16H14N6. The van der Waals surface area contributed by atoms with Gasteiger partial charge >= 0.3 is 0 Å². The number of nitrogens with one attached hydrogen (secondary N) is 1. The van der Waals surface area contributed by atoms with Crippen LogP contribution >= 0.6 is 0 Å². The third kappa shape index (κ3) is 2.05. The Morgan fingerprint density at radius 1 is 1.05 bits per heavy atom. The second-order valence-corrected chi connectivity index (χ2v) is 5.15. The second kappa shape index (κ2) is 5.07. The number of pyridine rings is 1. The summed E-state index contributed by atoms with van der Waals surface area (Å²) >= 11 is 0. The highest BCUT2D eigenvalue weighted by Crippen LogP contribution is 2.22. The molecule has 1 N–H and O–H groups in total. The molecule has 3 heterocycles. The summed E-state index contributed by atoms with van der Waals surface area (Å²) in [4.78, 5) is 22.4. The van der Waals surface area contributed by atoms with Crippen molar-refractivity contribution in [2.24, 2.45) is 0 Å². The molecule has 0 amide bonds. The van der Waals surface area contributed by atoms with Gasteiger partial charge in [-0.05, 0) is 11.6 Å². The number of fused-ring (bicyclic) bond motifs is 2. The van der Waals surface area contributed by atoms with E-state index in [2.05, 4.69) is 54.1 Å². The van der Waals surface area contributed by atoms with Crippen LogP contribution in [0.1, 0.15) is 5.56 Å². The van der Waals surface area contributed by atoms with Gasteiger partial charge in [-0.15, -0.1) is 0 Å². The van der Waals surface area contributed by atoms with Gasteiger partial charge in [0.2, 0.25) is 0 Å². The highest BCUT2D eigenvalue weighted by atomic mass is 15.2. The van der Waals surface area contributed by atoms with E-state index >= 15 is 0 Å². The van der Waals surface area contributed by atoms with Crippen molar-refractivity contribution in [2.45, 2.75) is 6.54 Å². The summed E-state index contributed by atoms with van der Waals surface area (Å²) in [5.74, 6) is 0.829. The molecule has 0 atom stereocenters. The quantitative estimate of drug-likeness (QED) is 0.628. The summed E-state index contributed by atoms with van der Waals surface area (Å²) in [5, 5.41) is 1.14. The molecule has 108 valence electrons. The number of H-pyrrole nitrogens is 1. The molecule has 3 aromatic heterocycles. The molecule has 0 spiro atoms. The highest BCUT2D eigenvalue weighted by Gasteiger charge is 2.12. The molecule has 0 saturated heterocycles. The molecular weight excluding hydrogens is 276 g/mol. The Kier molecular flexibility index (Phi) is 2.93. The van der Waals surface area contributed by atoms with E-state index in [1.807, 2.05) is 19.3 Å². The third-order valence-electron chi connectivity index (χ3n) is 3.69. The first-order valence-corrected chi connectivity index (χ1v) is 7.01. The van der Waals surface area contributed by atoms with E-state index in [9.17, 15) is 0 Å². The van der Waals surface area contributed by atoms with Crippen molar-refractivity contribution in [2.75, 3.05) is 11.9 Å². The molecule has 0 saturated carbocycles. The molecule has 4 aromatic rings. The average Bonchev–Trinajstić information content (AvgIpc) is 3.03. The fourth-order valence-electron chi connectivity index (χ4n) is 2.67. The van der Waals surface area contributed by atoms with Crippen LogP contribution in [0.3, 0.4) is 0 Å². The van der Waals surface area contributed by atoms with Crippen molar-refractivity contribution in [3.05, 3.63) is 54.7 Å². The van der Waals surface area contributed by atoms with E-state index in [4.69, 9.17) is 0 Å². The summed E-state index contributed by atoms with van der Waals surface area (Å²) < 4.78 is 0. The number of anilines is 1. The first-order chi connectivity index (χ1) is 10.8. The van der Waals surface area contributed by atoms with Gasteiger partial charge in [0, 0.05) is 25.2 Å². The fraction of sp³-hybridized carbons (Fsp3) is 0.125. The van der Waals surface area contributed by atoms with Crippen LogP contribution in [0.2, 0.25) is 0 Å². The largest absolute Gasteiger partial charge is 0.353 e. The van der Waals surface area contributed by atoms with Crippen molar-refractivity contribution in [1.29, 1.82) is 0 Å². The van der Waals surface area contributed by atoms with Crippen LogP contribution in [-0.2, 0) is 6.54 Å². The number of hydrogen-bond acceptors (Lipinski definition) is 5. The zero-order valence-corrected chi connectivity index (χ0v) is 12.1. The molecule has 4 rings (SSSR count). The topological polar surface area (TPSA) is 70.6 Å². The number of nitrogens with zero attached hydrogens (tertiary/aromatic N) is 5. The standard InChI is InChI=1S/C16H14N6/c1-22(16-14-15(19-9-18-14)20-10-21-16)8-12-5-2-4-11-6-3-7-17-13(11)12/h2-7,9-10H,8H2,1H3,(H,18,19,20,21). The van der Waals surface area contributed by atoms with Gasteiger partial charge in [0.1, 0.15) is 11.8 Å². The van der Waals surface area contributed by atoms with Gasteiger partial charge in [-0.3, -0.25) is 4.98 Å². The zero-order chi connectivity index (χ0) is 14.9. The van der Waals surface area contributed by atoms with Gasteiger partial charge in [-0.25, -0.2) is 15.0 Å². The molecule has 22 heavy (non-hydrogen) atoms. The van der Waals surface area contributed by atoms with Crippen LogP contribution in [0, 0.1) is 0 Å². The van der Waals surface area contributed by atoms with Crippen molar-refractivity contribution in [3.63, 3.8) is 0 Å². The molecule has 1 aromatic carbocycles. The Morgan fingerprint density at radius 3 is 2.91 bits per heavy atom. The number of aromatic amines is 1. The van der Waals surface area contributed by atoms with Crippen molar-refractivity contribution in [3.8, 4) is 0 Å². The van der Waals surface area contributed by atoms with E-state index < -0.39 is 0 Å². The predicted molar refractivity (Wildman–Crippen MR) is 85.5 cm³/mol. The maximum absolute atomic E-state index is 4.50. The van der Waals surface area contributed by atoms with Gasteiger partial charge in [-0.2, -0.15) is 0 Å². The summed E-state index contributed by atoms with van der Waals surface area (Å²) in [6.45, 7) is 0.708. The first kappa shape index (κ1) is 12.7. The number of aromatic nitrogens is 5. The Morgan fingerprint density at radius 2 is 1.95 bits per heavy atom. The SMILES string of the molecule is CN(Cc1cccc2cccnc12)c1ncnc2nc[nH]c12. The Balaban J connectivity index is 1.75. The molecule has 0 radical (unpaired) electrons. The predicted octanol–water partition coefficient (Wildman–Crippen LogP) is 2.54. The van der Waals surface area contributed by atoms with E-state index in [0.717, 1.165) is 27.8 Å². The number of imidazole rings is 1. The fourth-order valence-corrected chi connectivity index (χ4v) is 2.67. The minimum atomic E-state index is 0.674. The lowest BCUT2D eigenvalue weighted by atomic mass is 10.1. The summed E-state index contributed by atoms with van der Waals surface area (Å²) in [6.07, 6.45) is 5.00. The number of hydrogen-bond donors (Lipinski definition) is 1. The van der Waals surface area contributed by atoms with Crippen LogP contribution in [0.25, 0.3) is 22.1 Å². The minimum Gasteiger partial charge on any atom is -0.353 e.